The maximum atomic E-state index is 12.6. The molecule has 0 radical (unpaired) electrons. The Bertz CT molecular complexity index is 1510. The Balaban J connectivity index is 1.28. The number of amides is 1. The molecule has 0 spiro atoms. The Morgan fingerprint density at radius 3 is 2.57 bits per heavy atom. The van der Waals surface area contributed by atoms with Gasteiger partial charge in [-0.2, -0.15) is 5.10 Å². The van der Waals surface area contributed by atoms with Gasteiger partial charge < -0.3 is 13.9 Å². The fraction of sp³-hybridized carbons (Fsp3) is 0.103. The van der Waals surface area contributed by atoms with Crippen LogP contribution in [0.1, 0.15) is 28.6 Å². The standard InChI is InChI=1S/C29H24N2O4/c1-2-33-27-16-21(12-14-26(27)34-19-20-8-4-3-5-9-20)18-30-31-29(32)28-17-24-23-11-7-6-10-22(23)13-15-25(24)35-28/h3-18H,2,19H2,1H3,(H,31,32)/b30-18-. The largest absolute Gasteiger partial charge is 0.490 e. The van der Waals surface area contributed by atoms with Crippen LogP contribution in [0.2, 0.25) is 0 Å². The van der Waals surface area contributed by atoms with Gasteiger partial charge in [-0.25, -0.2) is 5.43 Å². The van der Waals surface area contributed by atoms with Crippen molar-refractivity contribution in [3.05, 3.63) is 108 Å². The van der Waals surface area contributed by atoms with Crippen molar-refractivity contribution >= 4 is 33.9 Å². The molecule has 0 unspecified atom stereocenters. The molecule has 0 saturated heterocycles. The first kappa shape index (κ1) is 22.2. The summed E-state index contributed by atoms with van der Waals surface area (Å²) >= 11 is 0. The fourth-order valence-electron chi connectivity index (χ4n) is 3.85. The number of fused-ring (bicyclic) bond motifs is 3. The molecule has 0 atom stereocenters. The summed E-state index contributed by atoms with van der Waals surface area (Å²) in [7, 11) is 0. The number of benzene rings is 4. The van der Waals surface area contributed by atoms with Crippen molar-refractivity contribution in [3.8, 4) is 11.5 Å². The lowest BCUT2D eigenvalue weighted by Gasteiger charge is -2.12. The Morgan fingerprint density at radius 2 is 1.71 bits per heavy atom. The molecule has 0 saturated carbocycles. The molecule has 6 heteroatoms. The van der Waals surface area contributed by atoms with E-state index in [-0.39, 0.29) is 5.76 Å². The van der Waals surface area contributed by atoms with E-state index < -0.39 is 5.91 Å². The second kappa shape index (κ2) is 10.1. The van der Waals surface area contributed by atoms with Gasteiger partial charge in [-0.15, -0.1) is 0 Å². The maximum absolute atomic E-state index is 12.6. The van der Waals surface area contributed by atoms with Gasteiger partial charge in [-0.3, -0.25) is 4.79 Å². The molecule has 1 heterocycles. The summed E-state index contributed by atoms with van der Waals surface area (Å²) in [6, 6.07) is 29.0. The number of ether oxygens (including phenoxy) is 2. The van der Waals surface area contributed by atoms with E-state index in [2.05, 4.69) is 10.5 Å². The van der Waals surface area contributed by atoms with Gasteiger partial charge in [0, 0.05) is 5.39 Å². The average Bonchev–Trinajstić information content (AvgIpc) is 3.34. The Kier molecular flexibility index (Phi) is 6.44. The molecule has 174 valence electrons. The SMILES string of the molecule is CCOc1cc(/C=N\NC(=O)c2cc3c(ccc4ccccc43)o2)ccc1OCc1ccccc1. The number of nitrogens with one attached hydrogen (secondary N) is 1. The number of hydrogen-bond acceptors (Lipinski definition) is 5. The summed E-state index contributed by atoms with van der Waals surface area (Å²) in [4.78, 5) is 12.6. The smallest absolute Gasteiger partial charge is 0.307 e. The third kappa shape index (κ3) is 5.01. The summed E-state index contributed by atoms with van der Waals surface area (Å²) in [6.07, 6.45) is 1.56. The highest BCUT2D eigenvalue weighted by atomic mass is 16.5. The molecule has 0 bridgehead atoms. The van der Waals surface area contributed by atoms with Crippen LogP contribution in [0.5, 0.6) is 11.5 Å². The molecule has 4 aromatic carbocycles. The number of furan rings is 1. The summed E-state index contributed by atoms with van der Waals surface area (Å²) in [6.45, 7) is 2.86. The van der Waals surface area contributed by atoms with Crippen LogP contribution in [0, 0.1) is 0 Å². The predicted octanol–water partition coefficient (Wildman–Crippen LogP) is 6.33. The van der Waals surface area contributed by atoms with Crippen LogP contribution in [0.15, 0.2) is 101 Å². The van der Waals surface area contributed by atoms with Crippen molar-refractivity contribution in [2.75, 3.05) is 6.61 Å². The Morgan fingerprint density at radius 1 is 0.886 bits per heavy atom. The molecular weight excluding hydrogens is 440 g/mol. The van der Waals surface area contributed by atoms with E-state index in [1.807, 2.05) is 91.9 Å². The van der Waals surface area contributed by atoms with Gasteiger partial charge in [0.2, 0.25) is 0 Å². The average molecular weight is 465 g/mol. The minimum Gasteiger partial charge on any atom is -0.490 e. The number of hydrazone groups is 1. The Hall–Kier alpha value is -4.58. The van der Waals surface area contributed by atoms with Crippen LogP contribution >= 0.6 is 0 Å². The minimum atomic E-state index is -0.422. The van der Waals surface area contributed by atoms with Gasteiger partial charge in [0.05, 0.1) is 12.8 Å². The predicted molar refractivity (Wildman–Crippen MR) is 137 cm³/mol. The molecular formula is C29H24N2O4. The van der Waals surface area contributed by atoms with E-state index >= 15 is 0 Å². The van der Waals surface area contributed by atoms with E-state index in [1.165, 1.54) is 0 Å². The van der Waals surface area contributed by atoms with Gasteiger partial charge in [-0.1, -0.05) is 60.7 Å². The summed E-state index contributed by atoms with van der Waals surface area (Å²) in [5, 5.41) is 7.11. The third-order valence-electron chi connectivity index (χ3n) is 5.53. The van der Waals surface area contributed by atoms with E-state index in [0.29, 0.717) is 30.3 Å². The van der Waals surface area contributed by atoms with Crippen molar-refractivity contribution in [1.29, 1.82) is 0 Å². The van der Waals surface area contributed by atoms with Gasteiger partial charge in [-0.05, 0) is 59.2 Å². The zero-order valence-electron chi connectivity index (χ0n) is 19.2. The molecule has 0 fully saturated rings. The summed E-state index contributed by atoms with van der Waals surface area (Å²) in [5.41, 5.74) is 5.02. The first-order valence-electron chi connectivity index (χ1n) is 11.4. The van der Waals surface area contributed by atoms with Crippen molar-refractivity contribution < 1.29 is 18.7 Å². The fourth-order valence-corrected chi connectivity index (χ4v) is 3.85. The number of hydrogen-bond donors (Lipinski definition) is 1. The van der Waals surface area contributed by atoms with Crippen molar-refractivity contribution in [3.63, 3.8) is 0 Å². The lowest BCUT2D eigenvalue weighted by Crippen LogP contribution is -2.16. The number of carbonyl (C=O) groups excluding carboxylic acids is 1. The zero-order chi connectivity index (χ0) is 24.0. The topological polar surface area (TPSA) is 73.1 Å². The molecule has 1 N–H and O–H groups in total. The molecule has 1 amide bonds. The van der Waals surface area contributed by atoms with E-state index in [1.54, 1.807) is 12.3 Å². The highest BCUT2D eigenvalue weighted by Gasteiger charge is 2.13. The van der Waals surface area contributed by atoms with Crippen LogP contribution < -0.4 is 14.9 Å². The first-order chi connectivity index (χ1) is 17.2. The van der Waals surface area contributed by atoms with Gasteiger partial charge in [0.1, 0.15) is 12.2 Å². The van der Waals surface area contributed by atoms with Crippen LogP contribution in [-0.2, 0) is 6.61 Å². The molecule has 0 aliphatic rings. The van der Waals surface area contributed by atoms with Crippen LogP contribution in [-0.4, -0.2) is 18.7 Å². The first-order valence-corrected chi connectivity index (χ1v) is 11.4. The molecule has 0 aliphatic heterocycles. The number of carbonyl (C=O) groups is 1. The molecule has 5 rings (SSSR count). The highest BCUT2D eigenvalue weighted by molar-refractivity contribution is 6.08. The van der Waals surface area contributed by atoms with Crippen molar-refractivity contribution in [2.24, 2.45) is 5.10 Å². The second-order valence-electron chi connectivity index (χ2n) is 7.92. The van der Waals surface area contributed by atoms with E-state index in [4.69, 9.17) is 13.9 Å². The number of rotatable bonds is 8. The normalized spacial score (nSPS) is 11.2. The van der Waals surface area contributed by atoms with E-state index in [9.17, 15) is 4.79 Å². The summed E-state index contributed by atoms with van der Waals surface area (Å²) < 4.78 is 17.4. The lowest BCUT2D eigenvalue weighted by molar-refractivity contribution is 0.0929. The van der Waals surface area contributed by atoms with Gasteiger partial charge in [0.15, 0.2) is 17.3 Å². The molecule has 35 heavy (non-hydrogen) atoms. The van der Waals surface area contributed by atoms with Crippen LogP contribution in [0.25, 0.3) is 21.7 Å². The third-order valence-corrected chi connectivity index (χ3v) is 5.53. The van der Waals surface area contributed by atoms with Gasteiger partial charge in [0.25, 0.3) is 0 Å². The molecule has 6 nitrogen and oxygen atoms in total. The second-order valence-corrected chi connectivity index (χ2v) is 7.92. The van der Waals surface area contributed by atoms with Crippen LogP contribution in [0.4, 0.5) is 0 Å². The van der Waals surface area contributed by atoms with Crippen molar-refractivity contribution in [2.45, 2.75) is 13.5 Å². The highest BCUT2D eigenvalue weighted by Crippen LogP contribution is 2.29. The van der Waals surface area contributed by atoms with Crippen LogP contribution in [0.3, 0.4) is 0 Å². The molecule has 1 aromatic heterocycles. The monoisotopic (exact) mass is 464 g/mol. The minimum absolute atomic E-state index is 0.202. The Labute approximate surface area is 202 Å². The van der Waals surface area contributed by atoms with E-state index in [0.717, 1.165) is 27.3 Å². The molecule has 0 aliphatic carbocycles. The molecule has 5 aromatic rings. The number of nitrogens with zero attached hydrogens (tertiary/aromatic N) is 1. The maximum Gasteiger partial charge on any atom is 0.307 e. The van der Waals surface area contributed by atoms with Gasteiger partial charge >= 0.3 is 5.91 Å². The van der Waals surface area contributed by atoms with Crippen molar-refractivity contribution in [1.82, 2.24) is 5.43 Å². The zero-order valence-corrected chi connectivity index (χ0v) is 19.2. The quantitative estimate of drug-likeness (QED) is 0.215. The lowest BCUT2D eigenvalue weighted by atomic mass is 10.1. The summed E-state index contributed by atoms with van der Waals surface area (Å²) in [5.74, 6) is 1.04.